The fourth-order valence-electron chi connectivity index (χ4n) is 4.50. The van der Waals surface area contributed by atoms with Gasteiger partial charge in [-0.05, 0) is 77.6 Å². The summed E-state index contributed by atoms with van der Waals surface area (Å²) in [6, 6.07) is 32.4. The molecule has 0 aliphatic heterocycles. The second kappa shape index (κ2) is 14.5. The van der Waals surface area contributed by atoms with Crippen LogP contribution in [0.25, 0.3) is 28.3 Å². The molecule has 0 aliphatic carbocycles. The molecule has 202 valence electrons. The van der Waals surface area contributed by atoms with Crippen LogP contribution in [0.15, 0.2) is 103 Å². The molecule has 0 unspecified atom stereocenters. The first-order valence-electron chi connectivity index (χ1n) is 13.5. The highest BCUT2D eigenvalue weighted by atomic mass is 16.6. The van der Waals surface area contributed by atoms with E-state index < -0.39 is 6.10 Å². The Labute approximate surface area is 237 Å². The van der Waals surface area contributed by atoms with Gasteiger partial charge >= 0.3 is 5.97 Å². The first-order chi connectivity index (χ1) is 19.6. The monoisotopic (exact) mass is 530 g/mol. The molecular formula is C36H34O4. The molecular weight excluding hydrogens is 496 g/mol. The first-order valence-corrected chi connectivity index (χ1v) is 13.5. The summed E-state index contributed by atoms with van der Waals surface area (Å²) in [6.45, 7) is 4.81. The van der Waals surface area contributed by atoms with Crippen molar-refractivity contribution in [3.63, 3.8) is 0 Å². The number of esters is 1. The molecule has 0 radical (unpaired) electrons. The number of terminal acetylenes is 1. The van der Waals surface area contributed by atoms with Crippen LogP contribution in [0.5, 0.6) is 5.75 Å². The molecule has 4 heteroatoms. The van der Waals surface area contributed by atoms with Gasteiger partial charge in [-0.1, -0.05) is 84.8 Å². The van der Waals surface area contributed by atoms with Gasteiger partial charge in [0.25, 0.3) is 0 Å². The Hall–Kier alpha value is -4.59. The largest absolute Gasteiger partial charge is 0.490 e. The lowest BCUT2D eigenvalue weighted by molar-refractivity contribution is -0.156. The average molecular weight is 531 g/mol. The van der Waals surface area contributed by atoms with Crippen molar-refractivity contribution in [2.75, 3.05) is 19.8 Å². The van der Waals surface area contributed by atoms with Crippen LogP contribution in [0, 0.1) is 12.3 Å². The molecule has 0 saturated heterocycles. The van der Waals surface area contributed by atoms with Crippen LogP contribution in [0.2, 0.25) is 0 Å². The second-order valence-electron chi connectivity index (χ2n) is 9.12. The van der Waals surface area contributed by atoms with Gasteiger partial charge in [-0.15, -0.1) is 6.42 Å². The summed E-state index contributed by atoms with van der Waals surface area (Å²) in [5.41, 5.74) is 7.10. The van der Waals surface area contributed by atoms with Gasteiger partial charge in [0, 0.05) is 18.6 Å². The number of ether oxygens (including phenoxy) is 3. The smallest absolute Gasteiger partial charge is 0.335 e. The van der Waals surface area contributed by atoms with Crippen molar-refractivity contribution in [1.29, 1.82) is 0 Å². The zero-order valence-electron chi connectivity index (χ0n) is 23.0. The van der Waals surface area contributed by atoms with Crippen LogP contribution >= 0.6 is 0 Å². The van der Waals surface area contributed by atoms with Crippen molar-refractivity contribution in [3.05, 3.63) is 120 Å². The van der Waals surface area contributed by atoms with E-state index in [1.165, 1.54) is 0 Å². The minimum atomic E-state index is -0.613. The summed E-state index contributed by atoms with van der Waals surface area (Å²) in [5.74, 6) is 3.31. The normalized spacial score (nSPS) is 11.6. The SMILES string of the molecule is C#Cc1c(C=CCOc2ccc(C[C@H](OCC)C(=O)OCC)cc2)cc(-c2ccccc2)cc1-c1ccccc1. The van der Waals surface area contributed by atoms with Gasteiger partial charge in [0.05, 0.1) is 6.61 Å². The Morgan fingerprint density at radius 1 is 0.850 bits per heavy atom. The molecule has 0 saturated carbocycles. The van der Waals surface area contributed by atoms with Crippen LogP contribution in [0.3, 0.4) is 0 Å². The van der Waals surface area contributed by atoms with Crippen LogP contribution < -0.4 is 4.74 Å². The third-order valence-corrected chi connectivity index (χ3v) is 6.41. The first kappa shape index (κ1) is 28.4. The summed E-state index contributed by atoms with van der Waals surface area (Å²) in [7, 11) is 0. The number of rotatable bonds is 12. The standard InChI is InChI=1S/C36H34O4/c1-4-33-30(25-31(28-14-9-7-10-15-28)26-34(33)29-16-11-8-12-17-29)18-13-23-40-32-21-19-27(20-22-32)24-35(38-5-2)36(37)39-6-3/h1,7-22,25-26,35H,5-6,23-24H2,2-3H3/t35-/m0/s1. The lowest BCUT2D eigenvalue weighted by Crippen LogP contribution is -2.28. The van der Waals surface area contributed by atoms with E-state index in [1.807, 2.05) is 79.7 Å². The zero-order valence-corrected chi connectivity index (χ0v) is 23.0. The Balaban J connectivity index is 1.49. The van der Waals surface area contributed by atoms with Gasteiger partial charge in [0.2, 0.25) is 0 Å². The van der Waals surface area contributed by atoms with Crippen molar-refractivity contribution < 1.29 is 19.0 Å². The maximum atomic E-state index is 12.2. The third-order valence-electron chi connectivity index (χ3n) is 6.41. The third kappa shape index (κ3) is 7.50. The molecule has 0 heterocycles. The Morgan fingerprint density at radius 2 is 1.52 bits per heavy atom. The molecule has 4 nitrogen and oxygen atoms in total. The van der Waals surface area contributed by atoms with Crippen molar-refractivity contribution >= 4 is 12.0 Å². The molecule has 0 amide bonds. The van der Waals surface area contributed by atoms with Crippen LogP contribution in [0.4, 0.5) is 0 Å². The molecule has 0 spiro atoms. The summed E-state index contributed by atoms with van der Waals surface area (Å²) in [6.07, 6.45) is 9.85. The van der Waals surface area contributed by atoms with Crippen LogP contribution in [-0.2, 0) is 20.7 Å². The number of hydrogen-bond acceptors (Lipinski definition) is 4. The molecule has 1 atom stereocenters. The van der Waals surface area contributed by atoms with Crippen LogP contribution in [-0.4, -0.2) is 31.9 Å². The van der Waals surface area contributed by atoms with Gasteiger partial charge in [-0.3, -0.25) is 0 Å². The van der Waals surface area contributed by atoms with E-state index in [1.54, 1.807) is 6.92 Å². The molecule has 0 N–H and O–H groups in total. The minimum absolute atomic E-state index is 0.329. The number of carbonyl (C=O) groups excluding carboxylic acids is 1. The van der Waals surface area contributed by atoms with Gasteiger partial charge in [-0.2, -0.15) is 0 Å². The fourth-order valence-corrected chi connectivity index (χ4v) is 4.50. The predicted octanol–water partition coefficient (Wildman–Crippen LogP) is 7.60. The number of carbonyl (C=O) groups is 1. The van der Waals surface area contributed by atoms with Gasteiger partial charge in [0.1, 0.15) is 12.4 Å². The topological polar surface area (TPSA) is 44.8 Å². The van der Waals surface area contributed by atoms with E-state index in [9.17, 15) is 4.79 Å². The second-order valence-corrected chi connectivity index (χ2v) is 9.12. The maximum absolute atomic E-state index is 12.2. The molecule has 4 aromatic rings. The molecule has 40 heavy (non-hydrogen) atoms. The number of hydrogen-bond donors (Lipinski definition) is 0. The average Bonchev–Trinajstić information content (AvgIpc) is 3.00. The number of benzene rings is 4. The highest BCUT2D eigenvalue weighted by molar-refractivity contribution is 5.83. The van der Waals surface area contributed by atoms with Gasteiger partial charge in [0.15, 0.2) is 6.10 Å². The zero-order chi connectivity index (χ0) is 28.2. The van der Waals surface area contributed by atoms with E-state index in [4.69, 9.17) is 20.6 Å². The van der Waals surface area contributed by atoms with E-state index >= 15 is 0 Å². The lowest BCUT2D eigenvalue weighted by Gasteiger charge is -2.15. The summed E-state index contributed by atoms with van der Waals surface area (Å²) in [5, 5.41) is 0. The molecule has 4 aromatic carbocycles. The van der Waals surface area contributed by atoms with Crippen molar-refractivity contribution in [1.82, 2.24) is 0 Å². The molecule has 0 aliphatic rings. The van der Waals surface area contributed by atoms with Gasteiger partial charge < -0.3 is 14.2 Å². The predicted molar refractivity (Wildman–Crippen MR) is 162 cm³/mol. The van der Waals surface area contributed by atoms with E-state index in [0.717, 1.165) is 44.7 Å². The summed E-state index contributed by atoms with van der Waals surface area (Å²) < 4.78 is 16.7. The minimum Gasteiger partial charge on any atom is -0.490 e. The van der Waals surface area contributed by atoms with Crippen LogP contribution in [0.1, 0.15) is 30.5 Å². The van der Waals surface area contributed by atoms with Crippen molar-refractivity contribution in [3.8, 4) is 40.3 Å². The van der Waals surface area contributed by atoms with E-state index in [2.05, 4.69) is 42.3 Å². The van der Waals surface area contributed by atoms with Gasteiger partial charge in [-0.25, -0.2) is 4.79 Å². The quantitative estimate of drug-likeness (QED) is 0.140. The highest BCUT2D eigenvalue weighted by Gasteiger charge is 2.20. The summed E-state index contributed by atoms with van der Waals surface area (Å²) in [4.78, 5) is 12.2. The van der Waals surface area contributed by atoms with Crippen molar-refractivity contribution in [2.24, 2.45) is 0 Å². The highest BCUT2D eigenvalue weighted by Crippen LogP contribution is 2.33. The van der Waals surface area contributed by atoms with E-state index in [0.29, 0.717) is 26.2 Å². The Morgan fingerprint density at radius 3 is 2.15 bits per heavy atom. The van der Waals surface area contributed by atoms with E-state index in [-0.39, 0.29) is 5.97 Å². The molecule has 0 fully saturated rings. The summed E-state index contributed by atoms with van der Waals surface area (Å²) >= 11 is 0. The maximum Gasteiger partial charge on any atom is 0.335 e. The Bertz CT molecular complexity index is 1450. The van der Waals surface area contributed by atoms with Crippen molar-refractivity contribution in [2.45, 2.75) is 26.4 Å². The molecule has 0 aromatic heterocycles. The Kier molecular flexibility index (Phi) is 10.3. The lowest BCUT2D eigenvalue weighted by atomic mass is 9.90. The molecule has 4 rings (SSSR count). The fraction of sp³-hybridized carbons (Fsp3) is 0.194. The molecule has 0 bridgehead atoms.